The van der Waals surface area contributed by atoms with Gasteiger partial charge in [-0.1, -0.05) is 0 Å². The van der Waals surface area contributed by atoms with E-state index >= 15 is 0 Å². The first-order valence-corrected chi connectivity index (χ1v) is 6.75. The molecule has 0 aromatic carbocycles. The van der Waals surface area contributed by atoms with E-state index in [0.717, 1.165) is 13.2 Å². The van der Waals surface area contributed by atoms with Crippen molar-refractivity contribution < 1.29 is 4.74 Å². The average Bonchev–Trinajstić information content (AvgIpc) is 3.00. The summed E-state index contributed by atoms with van der Waals surface area (Å²) in [6.07, 6.45) is 12.2. The Morgan fingerprint density at radius 2 is 2.24 bits per heavy atom. The van der Waals surface area contributed by atoms with Gasteiger partial charge < -0.3 is 14.6 Å². The average molecular weight is 235 g/mol. The number of hydrogen-bond donors (Lipinski definition) is 1. The number of hydrogen-bond acceptors (Lipinski definition) is 3. The highest BCUT2D eigenvalue weighted by Crippen LogP contribution is 2.30. The first kappa shape index (κ1) is 11.2. The zero-order chi connectivity index (χ0) is 11.5. The second-order valence-corrected chi connectivity index (χ2v) is 5.20. The Bertz CT molecular complexity index is 332. The lowest BCUT2D eigenvalue weighted by atomic mass is 10.1. The van der Waals surface area contributed by atoms with Crippen LogP contribution < -0.4 is 5.32 Å². The summed E-state index contributed by atoms with van der Waals surface area (Å²) in [5.41, 5.74) is 0. The van der Waals surface area contributed by atoms with Gasteiger partial charge in [-0.3, -0.25) is 0 Å². The molecule has 4 heteroatoms. The van der Waals surface area contributed by atoms with E-state index in [1.165, 1.54) is 32.1 Å². The molecule has 1 saturated heterocycles. The lowest BCUT2D eigenvalue weighted by molar-refractivity contribution is 0.0646. The Labute approximate surface area is 102 Å². The minimum Gasteiger partial charge on any atom is -0.380 e. The largest absolute Gasteiger partial charge is 0.380 e. The molecule has 0 bridgehead atoms. The smallest absolute Gasteiger partial charge is 0.0949 e. The van der Waals surface area contributed by atoms with E-state index in [1.54, 1.807) is 0 Å². The fourth-order valence-corrected chi connectivity index (χ4v) is 3.13. The standard InChI is InChI=1S/C13H21N3O/c1-4-12(15-11-3-2-8-17-9-11)13(5-1)16-7-6-14-10-16/h6-7,10-13,15H,1-5,8-9H2. The summed E-state index contributed by atoms with van der Waals surface area (Å²) in [5, 5.41) is 3.78. The van der Waals surface area contributed by atoms with Gasteiger partial charge in [-0.25, -0.2) is 4.98 Å². The van der Waals surface area contributed by atoms with Crippen molar-refractivity contribution in [3.63, 3.8) is 0 Å². The fraction of sp³-hybridized carbons (Fsp3) is 0.769. The van der Waals surface area contributed by atoms with Gasteiger partial charge in [0.25, 0.3) is 0 Å². The van der Waals surface area contributed by atoms with Gasteiger partial charge in [-0.15, -0.1) is 0 Å². The van der Waals surface area contributed by atoms with E-state index < -0.39 is 0 Å². The first-order chi connectivity index (χ1) is 8.43. The molecule has 3 unspecified atom stereocenters. The molecule has 2 heterocycles. The van der Waals surface area contributed by atoms with E-state index in [9.17, 15) is 0 Å². The zero-order valence-corrected chi connectivity index (χ0v) is 10.2. The van der Waals surface area contributed by atoms with Crippen molar-refractivity contribution in [2.75, 3.05) is 13.2 Å². The van der Waals surface area contributed by atoms with Crippen molar-refractivity contribution in [1.29, 1.82) is 0 Å². The highest BCUT2D eigenvalue weighted by Gasteiger charge is 2.30. The minimum absolute atomic E-state index is 0.554. The third kappa shape index (κ3) is 2.53. The molecule has 1 aromatic rings. The second-order valence-electron chi connectivity index (χ2n) is 5.20. The van der Waals surface area contributed by atoms with Gasteiger partial charge in [0.1, 0.15) is 0 Å². The van der Waals surface area contributed by atoms with Crippen molar-refractivity contribution in [3.05, 3.63) is 18.7 Å². The Morgan fingerprint density at radius 1 is 1.24 bits per heavy atom. The van der Waals surface area contributed by atoms with Crippen LogP contribution in [0.25, 0.3) is 0 Å². The summed E-state index contributed by atoms with van der Waals surface area (Å²) in [7, 11) is 0. The molecule has 4 nitrogen and oxygen atoms in total. The van der Waals surface area contributed by atoms with Crippen LogP contribution in [0.3, 0.4) is 0 Å². The van der Waals surface area contributed by atoms with Crippen LogP contribution in [0.1, 0.15) is 38.1 Å². The lowest BCUT2D eigenvalue weighted by Crippen LogP contribution is -2.45. The van der Waals surface area contributed by atoms with Gasteiger partial charge in [-0.2, -0.15) is 0 Å². The van der Waals surface area contributed by atoms with Crippen LogP contribution in [-0.2, 0) is 4.74 Å². The Balaban J connectivity index is 1.61. The maximum absolute atomic E-state index is 5.54. The number of nitrogens with one attached hydrogen (secondary N) is 1. The minimum atomic E-state index is 0.554. The summed E-state index contributed by atoms with van der Waals surface area (Å²) in [5.74, 6) is 0. The molecule has 1 saturated carbocycles. The van der Waals surface area contributed by atoms with Crippen molar-refractivity contribution in [3.8, 4) is 0 Å². The van der Waals surface area contributed by atoms with Crippen LogP contribution in [0.4, 0.5) is 0 Å². The molecule has 1 aliphatic carbocycles. The molecule has 17 heavy (non-hydrogen) atoms. The van der Waals surface area contributed by atoms with Crippen LogP contribution in [0.5, 0.6) is 0 Å². The molecule has 0 radical (unpaired) electrons. The highest BCUT2D eigenvalue weighted by molar-refractivity contribution is 4.93. The quantitative estimate of drug-likeness (QED) is 0.867. The maximum Gasteiger partial charge on any atom is 0.0949 e. The number of nitrogens with zero attached hydrogens (tertiary/aromatic N) is 2. The topological polar surface area (TPSA) is 39.1 Å². The van der Waals surface area contributed by atoms with Crippen LogP contribution in [0.2, 0.25) is 0 Å². The Morgan fingerprint density at radius 3 is 3.00 bits per heavy atom. The predicted octanol–water partition coefficient (Wildman–Crippen LogP) is 1.75. The van der Waals surface area contributed by atoms with Crippen molar-refractivity contribution in [2.24, 2.45) is 0 Å². The molecule has 0 spiro atoms. The summed E-state index contributed by atoms with van der Waals surface area (Å²) in [4.78, 5) is 4.16. The molecule has 1 aliphatic heterocycles. The predicted molar refractivity (Wildman–Crippen MR) is 65.9 cm³/mol. The molecule has 3 rings (SSSR count). The van der Waals surface area contributed by atoms with Crippen molar-refractivity contribution in [2.45, 2.75) is 50.2 Å². The number of rotatable bonds is 3. The summed E-state index contributed by atoms with van der Waals surface area (Å²) in [6.45, 7) is 1.82. The van der Waals surface area contributed by atoms with Crippen LogP contribution in [0.15, 0.2) is 18.7 Å². The van der Waals surface area contributed by atoms with Crippen LogP contribution >= 0.6 is 0 Å². The van der Waals surface area contributed by atoms with E-state index in [4.69, 9.17) is 4.74 Å². The second kappa shape index (κ2) is 5.19. The third-order valence-electron chi connectivity index (χ3n) is 4.00. The van der Waals surface area contributed by atoms with E-state index in [0.29, 0.717) is 18.1 Å². The first-order valence-electron chi connectivity index (χ1n) is 6.75. The SMILES string of the molecule is c1cn(C2CCCC2NC2CCCOC2)cn1. The molecule has 94 valence electrons. The Hall–Kier alpha value is -0.870. The molecular weight excluding hydrogens is 214 g/mol. The van der Waals surface area contributed by atoms with Gasteiger partial charge in [-0.05, 0) is 32.1 Å². The summed E-state index contributed by atoms with van der Waals surface area (Å²) < 4.78 is 7.79. The highest BCUT2D eigenvalue weighted by atomic mass is 16.5. The molecule has 2 fully saturated rings. The van der Waals surface area contributed by atoms with E-state index in [-0.39, 0.29) is 0 Å². The molecule has 1 aromatic heterocycles. The molecule has 1 N–H and O–H groups in total. The maximum atomic E-state index is 5.54. The summed E-state index contributed by atoms with van der Waals surface area (Å²) in [6, 6.07) is 1.73. The number of aromatic nitrogens is 2. The van der Waals surface area contributed by atoms with Gasteiger partial charge in [0, 0.05) is 37.1 Å². The molecule has 3 atom stereocenters. The number of ether oxygens (including phenoxy) is 1. The van der Waals surface area contributed by atoms with Crippen LogP contribution in [0, 0.1) is 0 Å². The van der Waals surface area contributed by atoms with Crippen LogP contribution in [-0.4, -0.2) is 34.8 Å². The van der Waals surface area contributed by atoms with Crippen molar-refractivity contribution >= 4 is 0 Å². The third-order valence-corrected chi connectivity index (χ3v) is 4.00. The normalized spacial score (nSPS) is 34.0. The number of imidazole rings is 1. The van der Waals surface area contributed by atoms with Gasteiger partial charge in [0.15, 0.2) is 0 Å². The van der Waals surface area contributed by atoms with E-state index in [2.05, 4.69) is 21.1 Å². The fourth-order valence-electron chi connectivity index (χ4n) is 3.13. The zero-order valence-electron chi connectivity index (χ0n) is 10.2. The van der Waals surface area contributed by atoms with Gasteiger partial charge in [0.2, 0.25) is 0 Å². The molecular formula is C13H21N3O. The van der Waals surface area contributed by atoms with Gasteiger partial charge >= 0.3 is 0 Å². The van der Waals surface area contributed by atoms with Gasteiger partial charge in [0.05, 0.1) is 12.9 Å². The Kier molecular flexibility index (Phi) is 3.43. The molecule has 2 aliphatic rings. The van der Waals surface area contributed by atoms with Crippen molar-refractivity contribution in [1.82, 2.24) is 14.9 Å². The lowest BCUT2D eigenvalue weighted by Gasteiger charge is -2.30. The summed E-state index contributed by atoms with van der Waals surface area (Å²) >= 11 is 0. The molecule has 0 amide bonds. The van der Waals surface area contributed by atoms with E-state index in [1.807, 2.05) is 12.5 Å². The monoisotopic (exact) mass is 235 g/mol.